The van der Waals surface area contributed by atoms with Gasteiger partial charge in [0.05, 0.1) is 4.92 Å². The average molecular weight is 315 g/mol. The van der Waals surface area contributed by atoms with Gasteiger partial charge in [0.2, 0.25) is 0 Å². The van der Waals surface area contributed by atoms with Crippen LogP contribution in [-0.2, 0) is 7.05 Å². The molecule has 0 fully saturated rings. The van der Waals surface area contributed by atoms with Crippen LogP contribution >= 0.6 is 11.8 Å². The Morgan fingerprint density at radius 3 is 2.50 bits per heavy atom. The molecule has 9 nitrogen and oxygen atoms in total. The van der Waals surface area contributed by atoms with Crippen LogP contribution < -0.4 is 0 Å². The molecular formula is C12H9N7O2S. The Bertz CT molecular complexity index is 804. The van der Waals surface area contributed by atoms with Crippen molar-refractivity contribution in [2.75, 3.05) is 0 Å². The van der Waals surface area contributed by atoms with E-state index in [1.165, 1.54) is 11.8 Å². The van der Waals surface area contributed by atoms with Crippen LogP contribution in [0.1, 0.15) is 0 Å². The van der Waals surface area contributed by atoms with Crippen LogP contribution in [0.25, 0.3) is 11.4 Å². The molecule has 0 aliphatic rings. The van der Waals surface area contributed by atoms with E-state index in [9.17, 15) is 10.1 Å². The zero-order chi connectivity index (χ0) is 15.5. The fourth-order valence-corrected chi connectivity index (χ4v) is 2.37. The minimum atomic E-state index is -0.543. The van der Waals surface area contributed by atoms with Crippen molar-refractivity contribution in [3.63, 3.8) is 0 Å². The highest BCUT2D eigenvalue weighted by Gasteiger charge is 2.14. The molecule has 0 amide bonds. The van der Waals surface area contributed by atoms with Gasteiger partial charge in [-0.3, -0.25) is 15.1 Å². The number of nitro groups is 1. The second-order valence-electron chi connectivity index (χ2n) is 4.18. The van der Waals surface area contributed by atoms with Crippen LogP contribution in [-0.4, -0.2) is 34.6 Å². The summed E-state index contributed by atoms with van der Waals surface area (Å²) in [6, 6.07) is 3.67. The number of hydrogen-bond acceptors (Lipinski definition) is 8. The van der Waals surface area contributed by atoms with Gasteiger partial charge in [0.1, 0.15) is 12.4 Å². The zero-order valence-electron chi connectivity index (χ0n) is 11.3. The molecule has 0 spiro atoms. The average Bonchev–Trinajstić information content (AvgIpc) is 2.90. The van der Waals surface area contributed by atoms with Gasteiger partial charge < -0.3 is 4.57 Å². The van der Waals surface area contributed by atoms with Crippen LogP contribution in [0.4, 0.5) is 5.69 Å². The molecule has 0 bridgehead atoms. The van der Waals surface area contributed by atoms with Gasteiger partial charge in [0.15, 0.2) is 16.1 Å². The first-order valence-corrected chi connectivity index (χ1v) is 6.91. The summed E-state index contributed by atoms with van der Waals surface area (Å²) in [6.45, 7) is 0. The minimum Gasteiger partial charge on any atom is -0.305 e. The fourth-order valence-electron chi connectivity index (χ4n) is 1.69. The van der Waals surface area contributed by atoms with E-state index < -0.39 is 4.92 Å². The number of rotatable bonds is 4. The highest BCUT2D eigenvalue weighted by Crippen LogP contribution is 2.26. The molecule has 0 radical (unpaired) electrons. The van der Waals surface area contributed by atoms with Crippen LogP contribution in [0.15, 0.2) is 47.2 Å². The van der Waals surface area contributed by atoms with Gasteiger partial charge in [0, 0.05) is 25.0 Å². The van der Waals surface area contributed by atoms with Crippen LogP contribution in [0.3, 0.4) is 0 Å². The molecule has 0 saturated carbocycles. The van der Waals surface area contributed by atoms with Gasteiger partial charge in [-0.25, -0.2) is 9.97 Å². The summed E-state index contributed by atoms with van der Waals surface area (Å²) >= 11 is 1.18. The second kappa shape index (κ2) is 5.85. The molecule has 3 aromatic heterocycles. The molecular weight excluding hydrogens is 306 g/mol. The fraction of sp³-hybridized carbons (Fsp3) is 0.0833. The Morgan fingerprint density at radius 1 is 1.18 bits per heavy atom. The van der Waals surface area contributed by atoms with Crippen molar-refractivity contribution < 1.29 is 4.92 Å². The molecule has 0 unspecified atom stereocenters. The first-order chi connectivity index (χ1) is 10.6. The highest BCUT2D eigenvalue weighted by atomic mass is 32.2. The third-order valence-corrected chi connectivity index (χ3v) is 3.71. The SMILES string of the molecule is Cn1c(Sc2ncc([N+](=O)[O-])cn2)nnc1-c1ccncc1. The molecule has 0 aromatic carbocycles. The Kier molecular flexibility index (Phi) is 3.74. The molecule has 0 saturated heterocycles. The Morgan fingerprint density at radius 2 is 1.86 bits per heavy atom. The maximum atomic E-state index is 10.6. The van der Waals surface area contributed by atoms with Gasteiger partial charge in [-0.15, -0.1) is 10.2 Å². The molecule has 3 heterocycles. The first-order valence-electron chi connectivity index (χ1n) is 6.09. The van der Waals surface area contributed by atoms with E-state index in [1.807, 2.05) is 19.2 Å². The van der Waals surface area contributed by atoms with Gasteiger partial charge in [-0.1, -0.05) is 0 Å². The maximum Gasteiger partial charge on any atom is 0.305 e. The van der Waals surface area contributed by atoms with Crippen molar-refractivity contribution >= 4 is 17.4 Å². The molecule has 22 heavy (non-hydrogen) atoms. The van der Waals surface area contributed by atoms with E-state index in [4.69, 9.17) is 0 Å². The number of hydrogen-bond donors (Lipinski definition) is 0. The van der Waals surface area contributed by atoms with Crippen molar-refractivity contribution in [1.29, 1.82) is 0 Å². The van der Waals surface area contributed by atoms with Crippen molar-refractivity contribution in [1.82, 2.24) is 29.7 Å². The molecule has 0 N–H and O–H groups in total. The van der Waals surface area contributed by atoms with Gasteiger partial charge in [-0.2, -0.15) is 0 Å². The van der Waals surface area contributed by atoms with E-state index in [0.717, 1.165) is 18.0 Å². The van der Waals surface area contributed by atoms with Gasteiger partial charge in [-0.05, 0) is 23.9 Å². The maximum absolute atomic E-state index is 10.6. The monoisotopic (exact) mass is 315 g/mol. The predicted molar refractivity (Wildman–Crippen MR) is 77.0 cm³/mol. The third kappa shape index (κ3) is 2.76. The summed E-state index contributed by atoms with van der Waals surface area (Å²) in [4.78, 5) is 21.9. The summed E-state index contributed by atoms with van der Waals surface area (Å²) in [5, 5.41) is 19.7. The predicted octanol–water partition coefficient (Wildman–Crippen LogP) is 1.73. The number of aromatic nitrogens is 6. The molecule has 3 rings (SSSR count). The molecule has 0 aliphatic carbocycles. The highest BCUT2D eigenvalue weighted by molar-refractivity contribution is 7.99. The summed E-state index contributed by atoms with van der Waals surface area (Å²) in [7, 11) is 1.82. The standard InChI is InChI=1S/C12H9N7O2S/c1-18-10(8-2-4-13-5-3-8)16-17-12(18)22-11-14-6-9(7-15-11)19(20)21/h2-7H,1H3. The van der Waals surface area contributed by atoms with Crippen molar-refractivity contribution in [2.45, 2.75) is 10.3 Å². The first kappa shape index (κ1) is 14.1. The normalized spacial score (nSPS) is 10.6. The van der Waals surface area contributed by atoms with Crippen LogP contribution in [0.5, 0.6) is 0 Å². The Hall–Kier alpha value is -2.88. The van der Waals surface area contributed by atoms with E-state index in [0.29, 0.717) is 16.1 Å². The van der Waals surface area contributed by atoms with Crippen molar-refractivity contribution in [3.05, 3.63) is 47.0 Å². The van der Waals surface area contributed by atoms with Crippen LogP contribution in [0, 0.1) is 10.1 Å². The third-order valence-electron chi connectivity index (χ3n) is 2.78. The summed E-state index contributed by atoms with van der Waals surface area (Å²) in [6.07, 6.45) is 5.68. The molecule has 0 atom stereocenters. The second-order valence-corrected chi connectivity index (χ2v) is 5.12. The summed E-state index contributed by atoms with van der Waals surface area (Å²) in [5.41, 5.74) is 0.737. The number of pyridine rings is 1. The minimum absolute atomic E-state index is 0.153. The molecule has 10 heteroatoms. The lowest BCUT2D eigenvalue weighted by molar-refractivity contribution is -0.385. The quantitative estimate of drug-likeness (QED) is 0.406. The van der Waals surface area contributed by atoms with E-state index in [2.05, 4.69) is 25.1 Å². The molecule has 110 valence electrons. The Balaban J connectivity index is 1.85. The number of nitrogens with zero attached hydrogens (tertiary/aromatic N) is 7. The zero-order valence-corrected chi connectivity index (χ0v) is 12.1. The van der Waals surface area contributed by atoms with Gasteiger partial charge in [0.25, 0.3) is 0 Å². The summed E-state index contributed by atoms with van der Waals surface area (Å²) in [5.74, 6) is 0.687. The lowest BCUT2D eigenvalue weighted by Crippen LogP contribution is -1.96. The van der Waals surface area contributed by atoms with Crippen molar-refractivity contribution in [3.8, 4) is 11.4 Å². The smallest absolute Gasteiger partial charge is 0.305 e. The largest absolute Gasteiger partial charge is 0.305 e. The van der Waals surface area contributed by atoms with Crippen LogP contribution in [0.2, 0.25) is 0 Å². The lowest BCUT2D eigenvalue weighted by Gasteiger charge is -2.02. The summed E-state index contributed by atoms with van der Waals surface area (Å²) < 4.78 is 1.80. The van der Waals surface area contributed by atoms with Crippen molar-refractivity contribution in [2.24, 2.45) is 7.05 Å². The van der Waals surface area contributed by atoms with E-state index in [1.54, 1.807) is 17.0 Å². The van der Waals surface area contributed by atoms with E-state index in [-0.39, 0.29) is 5.69 Å². The lowest BCUT2D eigenvalue weighted by atomic mass is 10.2. The topological polar surface area (TPSA) is 113 Å². The molecule has 3 aromatic rings. The Labute approximate surface area is 128 Å². The van der Waals surface area contributed by atoms with Gasteiger partial charge >= 0.3 is 5.69 Å². The van der Waals surface area contributed by atoms with E-state index >= 15 is 0 Å². The molecule has 0 aliphatic heterocycles.